The smallest absolute Gasteiger partial charge is 0.258 e. The highest BCUT2D eigenvalue weighted by atomic mass is 19.1. The molecule has 506 valence electrons. The predicted octanol–water partition coefficient (Wildman–Crippen LogP) is -3.93. The minimum Gasteiger partial charge on any atom is -0.467 e. The summed E-state index contributed by atoms with van der Waals surface area (Å²) < 4.78 is 20.6. The van der Waals surface area contributed by atoms with Crippen LogP contribution in [0.5, 0.6) is 0 Å². The van der Waals surface area contributed by atoms with E-state index in [1.165, 1.54) is 25.1 Å². The number of carbonyl (C=O) groups is 12. The lowest BCUT2D eigenvalue weighted by atomic mass is 10.0. The van der Waals surface area contributed by atoms with Gasteiger partial charge in [0, 0.05) is 48.6 Å². The summed E-state index contributed by atoms with van der Waals surface area (Å²) in [6.45, 7) is 8.87. The van der Waals surface area contributed by atoms with Gasteiger partial charge in [-0.25, -0.2) is 9.38 Å². The van der Waals surface area contributed by atoms with Gasteiger partial charge in [-0.1, -0.05) is 51.1 Å². The number of nitrogens with one attached hydrogen (secondary N) is 13. The number of halogens is 1. The standard InChI is InChI=1S/C61H86FN17O14/c1-7-40(76-58(90)43(18-21-64)74-51(85)32-93-61-39(38-26-37(62)15-16-41(38)77-61)27-45-33(4)52(34(5)71-45)59(91)66-23-24-79(8-2)9-3)54(86)67-28-48(82)73-44-19-22-65-60(92)53(35(6)80)78-50(84)31-69-55(87)42(17-20-63)72-47(81)29-70-57(89)46(25-36-13-11-10-12-14-36)75-49(83)30-68-56(44)88/h10-16,26-27,35,40,42-44,46,53,71,80H,7-9,17-25,28-32,63-64H2,1-6H3,(H,65,92)(H,66,91)(H,67,86)(H,68,88)(H,69,87)(H,70,89)(H,72,81)(H,73,82)(H,74,85)(H,75,83)(H,76,90)(H,78,84)/b39-27-/t35-,40+,42+,43+,44+,46-,53+/m1/s1. The number of aliphatic imine (C=N–C) groups is 1. The van der Waals surface area contributed by atoms with Crippen LogP contribution in [0, 0.1) is 19.7 Å². The van der Waals surface area contributed by atoms with Crippen LogP contribution in [0.1, 0.15) is 91.8 Å². The van der Waals surface area contributed by atoms with Gasteiger partial charge in [0.25, 0.3) is 11.8 Å². The van der Waals surface area contributed by atoms with Crippen LogP contribution in [0.3, 0.4) is 0 Å². The second-order valence-electron chi connectivity index (χ2n) is 21.9. The maximum Gasteiger partial charge on any atom is 0.258 e. The molecule has 18 N–H and O–H groups in total. The first-order valence-electron chi connectivity index (χ1n) is 30.6. The number of hydrogen-bond acceptors (Lipinski definition) is 18. The highest BCUT2D eigenvalue weighted by Gasteiger charge is 2.32. The number of rotatable bonds is 24. The quantitative estimate of drug-likeness (QED) is 0.0407. The minimum absolute atomic E-state index is 0.0297. The zero-order valence-electron chi connectivity index (χ0n) is 52.9. The van der Waals surface area contributed by atoms with Gasteiger partial charge >= 0.3 is 0 Å². The van der Waals surface area contributed by atoms with E-state index in [1.54, 1.807) is 57.2 Å². The van der Waals surface area contributed by atoms with Crippen LogP contribution in [0.15, 0.2) is 53.5 Å². The summed E-state index contributed by atoms with van der Waals surface area (Å²) in [6, 6.07) is 4.04. The van der Waals surface area contributed by atoms with Crippen molar-refractivity contribution in [3.05, 3.63) is 88.0 Å². The van der Waals surface area contributed by atoms with Gasteiger partial charge in [0.05, 0.1) is 43.5 Å². The summed E-state index contributed by atoms with van der Waals surface area (Å²) in [7, 11) is 0. The van der Waals surface area contributed by atoms with Crippen molar-refractivity contribution in [3.8, 4) is 0 Å². The molecule has 7 atom stereocenters. The number of aromatic nitrogens is 1. The number of nitrogens with zero attached hydrogens (tertiary/aromatic N) is 2. The van der Waals surface area contributed by atoms with Crippen LogP contribution in [-0.2, 0) is 63.9 Å². The van der Waals surface area contributed by atoms with Crippen LogP contribution in [0.25, 0.3) is 11.6 Å². The Morgan fingerprint density at radius 3 is 2.05 bits per heavy atom. The number of aliphatic hydroxyl groups is 1. The fourth-order valence-electron chi connectivity index (χ4n) is 9.89. The van der Waals surface area contributed by atoms with Crippen molar-refractivity contribution in [1.82, 2.24) is 73.7 Å². The van der Waals surface area contributed by atoms with Crippen LogP contribution in [-0.4, -0.2) is 213 Å². The van der Waals surface area contributed by atoms with E-state index in [0.29, 0.717) is 58.0 Å². The fraction of sp³-hybridized carbons (Fsp3) is 0.492. The van der Waals surface area contributed by atoms with Crippen molar-refractivity contribution in [2.45, 2.75) is 116 Å². The molecule has 3 heterocycles. The maximum absolute atomic E-state index is 14.7. The second-order valence-corrected chi connectivity index (χ2v) is 21.9. The maximum atomic E-state index is 14.7. The zero-order valence-corrected chi connectivity index (χ0v) is 52.9. The molecule has 2 aromatic carbocycles. The molecule has 0 bridgehead atoms. The highest BCUT2D eigenvalue weighted by Crippen LogP contribution is 2.37. The Bertz CT molecular complexity index is 3240. The Morgan fingerprint density at radius 2 is 1.42 bits per heavy atom. The minimum atomic E-state index is -1.61. The van der Waals surface area contributed by atoms with Gasteiger partial charge in [-0.05, 0) is 108 Å². The number of likely N-dealkylation sites (N-methyl/N-ethyl adjacent to an activating group) is 1. The number of aromatic amines is 1. The number of benzene rings is 2. The number of fused-ring (bicyclic) bond motifs is 1. The molecule has 31 nitrogen and oxygen atoms in total. The number of nitrogens with two attached hydrogens (primary N) is 2. The Kier molecular flexibility index (Phi) is 29.5. The summed E-state index contributed by atoms with van der Waals surface area (Å²) in [6.07, 6.45) is -0.554. The van der Waals surface area contributed by atoms with Crippen molar-refractivity contribution < 1.29 is 71.8 Å². The zero-order chi connectivity index (χ0) is 68.3. The molecule has 1 fully saturated rings. The van der Waals surface area contributed by atoms with E-state index in [9.17, 15) is 67.0 Å². The fourth-order valence-corrected chi connectivity index (χ4v) is 9.89. The normalized spacial score (nSPS) is 19.3. The Hall–Kier alpha value is -9.66. The highest BCUT2D eigenvalue weighted by molar-refractivity contribution is 6.29. The molecule has 0 aliphatic carbocycles. The molecule has 0 radical (unpaired) electrons. The first-order chi connectivity index (χ1) is 44.4. The molecule has 1 aromatic heterocycles. The van der Waals surface area contributed by atoms with Gasteiger partial charge in [0.2, 0.25) is 65.0 Å². The number of ether oxygens (including phenoxy) is 1. The average molecular weight is 1300 g/mol. The number of hydrogen-bond donors (Lipinski definition) is 16. The lowest BCUT2D eigenvalue weighted by molar-refractivity contribution is -0.134. The van der Waals surface area contributed by atoms with Gasteiger partial charge in [0.15, 0.2) is 6.61 Å². The first kappa shape index (κ1) is 74.1. The molecule has 0 saturated carbocycles. The van der Waals surface area contributed by atoms with Crippen molar-refractivity contribution in [2.75, 3.05) is 78.6 Å². The van der Waals surface area contributed by atoms with E-state index in [-0.39, 0.29) is 50.6 Å². The van der Waals surface area contributed by atoms with Crippen LogP contribution in [0.4, 0.5) is 10.1 Å². The third-order valence-corrected chi connectivity index (χ3v) is 15.0. The van der Waals surface area contributed by atoms with E-state index >= 15 is 0 Å². The Morgan fingerprint density at radius 1 is 0.774 bits per heavy atom. The van der Waals surface area contributed by atoms with Gasteiger partial charge in [-0.2, -0.15) is 0 Å². The average Bonchev–Trinajstić information content (AvgIpc) is 1.64. The molecule has 5 rings (SSSR count). The number of amides is 12. The summed E-state index contributed by atoms with van der Waals surface area (Å²) in [5, 5.41) is 40.1. The molecular formula is C61H86FN17O14. The van der Waals surface area contributed by atoms with E-state index in [4.69, 9.17) is 16.2 Å². The summed E-state index contributed by atoms with van der Waals surface area (Å²) in [5.41, 5.74) is 15.2. The van der Waals surface area contributed by atoms with Gasteiger partial charge in [-0.15, -0.1) is 0 Å². The van der Waals surface area contributed by atoms with Crippen molar-refractivity contribution in [1.29, 1.82) is 0 Å². The third kappa shape index (κ3) is 22.9. The number of carbonyl (C=O) groups excluding carboxylic acids is 12. The van der Waals surface area contributed by atoms with Gasteiger partial charge in [-0.3, -0.25) is 57.5 Å². The van der Waals surface area contributed by atoms with E-state index < -0.39 is 159 Å². The van der Waals surface area contributed by atoms with Crippen molar-refractivity contribution in [2.24, 2.45) is 16.5 Å². The predicted molar refractivity (Wildman–Crippen MR) is 338 cm³/mol. The summed E-state index contributed by atoms with van der Waals surface area (Å²) >= 11 is 0. The molecule has 0 unspecified atom stereocenters. The topological polar surface area (TPSA) is 462 Å². The monoisotopic (exact) mass is 1300 g/mol. The van der Waals surface area contributed by atoms with Crippen LogP contribution < -0.4 is 75.3 Å². The van der Waals surface area contributed by atoms with Crippen LogP contribution >= 0.6 is 0 Å². The molecule has 0 spiro atoms. The molecule has 2 aliphatic rings. The molecule has 3 aromatic rings. The molecule has 32 heteroatoms. The number of aliphatic hydroxyl groups excluding tert-OH is 1. The van der Waals surface area contributed by atoms with E-state index in [1.807, 2.05) is 13.8 Å². The Labute approximate surface area is 536 Å². The third-order valence-electron chi connectivity index (χ3n) is 15.0. The number of aryl methyl sites for hydroxylation is 1. The largest absolute Gasteiger partial charge is 0.467 e. The SMILES string of the molecule is CC[C@H](NC(=O)[C@H](CCN)NC(=O)COC1=Nc2ccc(F)cc2/C1=C/c1[nH]c(C)c(C(=O)NCCN(CC)CC)c1C)C(=O)NCC(=O)N[C@H]1CCNC(=O)[C@H]([C@@H](C)O)NC(=O)CNC(=O)[C@H](CCN)NC(=O)CNC(=O)[C@@H](Cc2ccccc2)NC(=O)CNC1=O. The summed E-state index contributed by atoms with van der Waals surface area (Å²) in [4.78, 5) is 171. The molecule has 93 heavy (non-hydrogen) atoms. The van der Waals surface area contributed by atoms with Crippen molar-refractivity contribution >= 4 is 94.1 Å². The molecule has 1 saturated heterocycles. The molecule has 12 amide bonds. The van der Waals surface area contributed by atoms with E-state index in [2.05, 4.69) is 78.7 Å². The Balaban J connectivity index is 1.24. The van der Waals surface area contributed by atoms with Gasteiger partial charge in [0.1, 0.15) is 42.1 Å². The van der Waals surface area contributed by atoms with E-state index in [0.717, 1.165) is 13.1 Å². The molecule has 2 aliphatic heterocycles. The summed E-state index contributed by atoms with van der Waals surface area (Å²) in [5.74, 6) is -10.6. The lowest BCUT2D eigenvalue weighted by Crippen LogP contribution is -2.57. The lowest BCUT2D eigenvalue weighted by Gasteiger charge is -2.23. The first-order valence-corrected chi connectivity index (χ1v) is 30.6. The molecular weight excluding hydrogens is 1210 g/mol. The van der Waals surface area contributed by atoms with Gasteiger partial charge < -0.3 is 95.0 Å². The van der Waals surface area contributed by atoms with Crippen LogP contribution in [0.2, 0.25) is 0 Å². The number of H-pyrrole nitrogens is 1. The van der Waals surface area contributed by atoms with Crippen molar-refractivity contribution in [3.63, 3.8) is 0 Å². The second kappa shape index (κ2) is 37.0.